The van der Waals surface area contributed by atoms with E-state index in [4.69, 9.17) is 4.52 Å². The summed E-state index contributed by atoms with van der Waals surface area (Å²) in [6, 6.07) is 16.3. The Kier molecular flexibility index (Phi) is 7.56. The summed E-state index contributed by atoms with van der Waals surface area (Å²) < 4.78 is 5.31. The van der Waals surface area contributed by atoms with Crippen molar-refractivity contribution in [1.82, 2.24) is 25.3 Å². The molecule has 2 aromatic heterocycles. The zero-order valence-electron chi connectivity index (χ0n) is 16.4. The molecule has 0 bridgehead atoms. The van der Waals surface area contributed by atoms with E-state index >= 15 is 0 Å². The van der Waals surface area contributed by atoms with Crippen molar-refractivity contribution in [3.63, 3.8) is 0 Å². The summed E-state index contributed by atoms with van der Waals surface area (Å²) in [5.41, 5.74) is 2.09. The Morgan fingerprint density at radius 1 is 1.21 bits per heavy atom. The van der Waals surface area contributed by atoms with E-state index in [1.54, 1.807) is 6.20 Å². The Balaban J connectivity index is 0.00000240. The standard InChI is InChI=1S/C21H24N6O.HI/c1-22-21(27-14-11-17(15-27)16-7-3-2-4-8-16)24-13-10-19-25-20(28-26-19)18-9-5-6-12-23-18;/h2-9,12,17H,10-11,13-15H2,1H3,(H,22,24);1H. The Hall–Kier alpha value is -2.49. The number of hydrogen-bond acceptors (Lipinski definition) is 5. The number of benzene rings is 1. The lowest BCUT2D eigenvalue weighted by Crippen LogP contribution is -2.40. The van der Waals surface area contributed by atoms with Gasteiger partial charge in [-0.1, -0.05) is 41.6 Å². The summed E-state index contributed by atoms with van der Waals surface area (Å²) in [5.74, 6) is 2.59. The van der Waals surface area contributed by atoms with Crippen molar-refractivity contribution in [2.24, 2.45) is 4.99 Å². The predicted molar refractivity (Wildman–Crippen MR) is 123 cm³/mol. The number of pyridine rings is 1. The molecule has 1 aliphatic heterocycles. The molecule has 7 nitrogen and oxygen atoms in total. The van der Waals surface area contributed by atoms with Gasteiger partial charge in [-0.3, -0.25) is 9.98 Å². The number of nitrogens with zero attached hydrogens (tertiary/aromatic N) is 5. The van der Waals surface area contributed by atoms with Crippen LogP contribution in [-0.2, 0) is 6.42 Å². The lowest BCUT2D eigenvalue weighted by atomic mass is 9.99. The number of likely N-dealkylation sites (tertiary alicyclic amines) is 1. The number of aliphatic imine (C=N–C) groups is 1. The van der Waals surface area contributed by atoms with Crippen molar-refractivity contribution in [1.29, 1.82) is 0 Å². The summed E-state index contributed by atoms with van der Waals surface area (Å²) in [6.45, 7) is 2.68. The van der Waals surface area contributed by atoms with Crippen LogP contribution in [0.1, 0.15) is 23.7 Å². The lowest BCUT2D eigenvalue weighted by molar-refractivity contribution is 0.420. The smallest absolute Gasteiger partial charge is 0.276 e. The van der Waals surface area contributed by atoms with Crippen molar-refractivity contribution in [3.05, 3.63) is 66.1 Å². The molecule has 1 aromatic carbocycles. The van der Waals surface area contributed by atoms with E-state index in [2.05, 4.69) is 60.7 Å². The lowest BCUT2D eigenvalue weighted by Gasteiger charge is -2.21. The molecule has 3 aromatic rings. The molecule has 0 spiro atoms. The number of rotatable bonds is 5. The number of halogens is 1. The molecule has 1 aliphatic rings. The Bertz CT molecular complexity index is 915. The third-order valence-electron chi connectivity index (χ3n) is 4.95. The van der Waals surface area contributed by atoms with E-state index in [9.17, 15) is 0 Å². The second-order valence-electron chi connectivity index (χ2n) is 6.80. The van der Waals surface area contributed by atoms with Gasteiger partial charge in [0.25, 0.3) is 5.89 Å². The van der Waals surface area contributed by atoms with Gasteiger partial charge in [-0.2, -0.15) is 4.98 Å². The summed E-state index contributed by atoms with van der Waals surface area (Å²) >= 11 is 0. The maximum absolute atomic E-state index is 5.31. The van der Waals surface area contributed by atoms with Crippen LogP contribution in [0.25, 0.3) is 11.6 Å². The highest BCUT2D eigenvalue weighted by Gasteiger charge is 2.25. The summed E-state index contributed by atoms with van der Waals surface area (Å²) in [6.07, 6.45) is 3.51. The van der Waals surface area contributed by atoms with Crippen molar-refractivity contribution >= 4 is 29.9 Å². The first-order valence-electron chi connectivity index (χ1n) is 9.58. The van der Waals surface area contributed by atoms with Crippen LogP contribution in [0.2, 0.25) is 0 Å². The van der Waals surface area contributed by atoms with Crippen LogP contribution >= 0.6 is 24.0 Å². The minimum Gasteiger partial charge on any atom is -0.356 e. The highest BCUT2D eigenvalue weighted by atomic mass is 127. The van der Waals surface area contributed by atoms with Crippen LogP contribution in [0.15, 0.2) is 64.2 Å². The second-order valence-corrected chi connectivity index (χ2v) is 6.80. The Morgan fingerprint density at radius 3 is 2.79 bits per heavy atom. The molecule has 1 N–H and O–H groups in total. The highest BCUT2D eigenvalue weighted by molar-refractivity contribution is 14.0. The zero-order valence-corrected chi connectivity index (χ0v) is 18.7. The fourth-order valence-electron chi connectivity index (χ4n) is 3.52. The quantitative estimate of drug-likeness (QED) is 0.326. The minimum absolute atomic E-state index is 0. The van der Waals surface area contributed by atoms with Crippen LogP contribution in [0.5, 0.6) is 0 Å². The molecular weight excluding hydrogens is 479 g/mol. The summed E-state index contributed by atoms with van der Waals surface area (Å²) in [5, 5.41) is 7.46. The molecule has 0 aliphatic carbocycles. The molecule has 1 atom stereocenters. The fraction of sp³-hybridized carbons (Fsp3) is 0.333. The maximum atomic E-state index is 5.31. The maximum Gasteiger partial charge on any atom is 0.276 e. The van der Waals surface area contributed by atoms with Crippen LogP contribution in [0.4, 0.5) is 0 Å². The monoisotopic (exact) mass is 504 g/mol. The molecular formula is C21H25IN6O. The number of nitrogens with one attached hydrogen (secondary N) is 1. The van der Waals surface area contributed by atoms with E-state index in [-0.39, 0.29) is 24.0 Å². The zero-order chi connectivity index (χ0) is 19.2. The van der Waals surface area contributed by atoms with Crippen molar-refractivity contribution in [3.8, 4) is 11.6 Å². The van der Waals surface area contributed by atoms with Gasteiger partial charge in [0.2, 0.25) is 0 Å². The number of guanidine groups is 1. The largest absolute Gasteiger partial charge is 0.356 e. The van der Waals surface area contributed by atoms with Gasteiger partial charge in [0.15, 0.2) is 11.8 Å². The average molecular weight is 504 g/mol. The second kappa shape index (κ2) is 10.3. The van der Waals surface area contributed by atoms with Crippen LogP contribution in [0, 0.1) is 0 Å². The minimum atomic E-state index is 0. The molecule has 3 heterocycles. The Morgan fingerprint density at radius 2 is 2.03 bits per heavy atom. The van der Waals surface area contributed by atoms with E-state index in [0.29, 0.717) is 36.3 Å². The van der Waals surface area contributed by atoms with Crippen LogP contribution in [0.3, 0.4) is 0 Å². The molecule has 1 unspecified atom stereocenters. The first-order chi connectivity index (χ1) is 13.8. The van der Waals surface area contributed by atoms with Crippen LogP contribution < -0.4 is 5.32 Å². The molecule has 29 heavy (non-hydrogen) atoms. The molecule has 0 saturated carbocycles. The molecule has 1 saturated heterocycles. The van der Waals surface area contributed by atoms with Gasteiger partial charge in [-0.15, -0.1) is 24.0 Å². The topological polar surface area (TPSA) is 79.4 Å². The first-order valence-corrected chi connectivity index (χ1v) is 9.58. The SMILES string of the molecule is CN=C(NCCc1noc(-c2ccccn2)n1)N1CCC(c2ccccc2)C1.I. The summed E-state index contributed by atoms with van der Waals surface area (Å²) in [4.78, 5) is 15.4. The van der Waals surface area contributed by atoms with Gasteiger partial charge < -0.3 is 14.7 Å². The van der Waals surface area contributed by atoms with Gasteiger partial charge in [0.1, 0.15) is 5.69 Å². The van der Waals surface area contributed by atoms with E-state index in [1.807, 2.05) is 25.2 Å². The van der Waals surface area contributed by atoms with Crippen molar-refractivity contribution in [2.75, 3.05) is 26.7 Å². The highest BCUT2D eigenvalue weighted by Crippen LogP contribution is 2.26. The van der Waals surface area contributed by atoms with Crippen LogP contribution in [-0.4, -0.2) is 52.7 Å². The van der Waals surface area contributed by atoms with Gasteiger partial charge in [0.05, 0.1) is 0 Å². The number of aromatic nitrogens is 3. The predicted octanol–water partition coefficient (Wildman–Crippen LogP) is 3.36. The molecule has 0 amide bonds. The van der Waals surface area contributed by atoms with Gasteiger partial charge >= 0.3 is 0 Å². The van der Waals surface area contributed by atoms with Crippen molar-refractivity contribution in [2.45, 2.75) is 18.8 Å². The van der Waals surface area contributed by atoms with E-state index < -0.39 is 0 Å². The van der Waals surface area contributed by atoms with E-state index in [0.717, 1.165) is 25.5 Å². The number of hydrogen-bond donors (Lipinski definition) is 1. The molecule has 8 heteroatoms. The van der Waals surface area contributed by atoms with Gasteiger partial charge in [0, 0.05) is 45.2 Å². The van der Waals surface area contributed by atoms with Crippen molar-refractivity contribution < 1.29 is 4.52 Å². The van der Waals surface area contributed by atoms with E-state index in [1.165, 1.54) is 5.56 Å². The molecule has 0 radical (unpaired) electrons. The molecule has 4 rings (SSSR count). The fourth-order valence-corrected chi connectivity index (χ4v) is 3.52. The summed E-state index contributed by atoms with van der Waals surface area (Å²) in [7, 11) is 1.83. The Labute approximate surface area is 187 Å². The third-order valence-corrected chi connectivity index (χ3v) is 4.95. The van der Waals surface area contributed by atoms with Gasteiger partial charge in [-0.25, -0.2) is 0 Å². The average Bonchev–Trinajstić information content (AvgIpc) is 3.43. The third kappa shape index (κ3) is 5.31. The molecule has 1 fully saturated rings. The normalized spacial score (nSPS) is 16.5. The molecule has 152 valence electrons. The van der Waals surface area contributed by atoms with Gasteiger partial charge in [-0.05, 0) is 24.1 Å². The first kappa shape index (κ1) is 21.2.